The van der Waals surface area contributed by atoms with Crippen molar-refractivity contribution in [2.75, 3.05) is 13.6 Å². The van der Waals surface area contributed by atoms with E-state index in [0.717, 1.165) is 38.4 Å². The Morgan fingerprint density at radius 2 is 1.88 bits per heavy atom. The van der Waals surface area contributed by atoms with Gasteiger partial charge in [-0.25, -0.2) is 0 Å². The van der Waals surface area contributed by atoms with Gasteiger partial charge in [0, 0.05) is 26.7 Å². The molecule has 132 valence electrons. The van der Waals surface area contributed by atoms with E-state index in [1.807, 2.05) is 4.57 Å². The van der Waals surface area contributed by atoms with E-state index in [9.17, 15) is 0 Å². The van der Waals surface area contributed by atoms with Gasteiger partial charge in [0.15, 0.2) is 5.96 Å². The van der Waals surface area contributed by atoms with Gasteiger partial charge in [-0.15, -0.1) is 34.2 Å². The molecule has 0 bridgehead atoms. The summed E-state index contributed by atoms with van der Waals surface area (Å²) < 4.78 is 1.99. The number of aliphatic imine (C=N–C) groups is 1. The quantitative estimate of drug-likeness (QED) is 0.300. The minimum atomic E-state index is 0. The van der Waals surface area contributed by atoms with Crippen molar-refractivity contribution in [3.05, 3.63) is 47.5 Å². The number of guanidine groups is 1. The van der Waals surface area contributed by atoms with Crippen molar-refractivity contribution in [3.8, 4) is 0 Å². The Kier molecular flexibility index (Phi) is 9.36. The molecule has 0 aliphatic carbocycles. The van der Waals surface area contributed by atoms with E-state index in [2.05, 4.69) is 57.9 Å². The van der Waals surface area contributed by atoms with Gasteiger partial charge in [0.1, 0.15) is 12.7 Å². The minimum absolute atomic E-state index is 0. The van der Waals surface area contributed by atoms with Gasteiger partial charge < -0.3 is 15.2 Å². The third-order valence-electron chi connectivity index (χ3n) is 3.77. The Balaban J connectivity index is 0.00000288. The Bertz CT molecular complexity index is 624. The van der Waals surface area contributed by atoms with Crippen LogP contribution in [-0.2, 0) is 13.1 Å². The second kappa shape index (κ2) is 11.0. The van der Waals surface area contributed by atoms with Crippen LogP contribution in [0.2, 0.25) is 0 Å². The monoisotopic (exact) mass is 442 g/mol. The fourth-order valence-electron chi connectivity index (χ4n) is 2.41. The number of hydrogen-bond acceptors (Lipinski definition) is 3. The molecule has 0 spiro atoms. The number of benzene rings is 1. The summed E-state index contributed by atoms with van der Waals surface area (Å²) in [7, 11) is 1.80. The molecule has 1 aromatic heterocycles. The number of rotatable bonds is 7. The molecule has 1 heterocycles. The second-order valence-electron chi connectivity index (χ2n) is 5.69. The normalized spacial score (nSPS) is 11.0. The van der Waals surface area contributed by atoms with E-state index < -0.39 is 0 Å². The minimum Gasteiger partial charge on any atom is -0.356 e. The predicted octanol–water partition coefficient (Wildman–Crippen LogP) is 2.66. The molecule has 0 atom stereocenters. The summed E-state index contributed by atoms with van der Waals surface area (Å²) in [5.74, 6) is 0.842. The zero-order valence-electron chi connectivity index (χ0n) is 14.6. The summed E-state index contributed by atoms with van der Waals surface area (Å²) in [4.78, 5) is 4.27. The fourth-order valence-corrected chi connectivity index (χ4v) is 2.41. The number of nitrogens with one attached hydrogen (secondary N) is 2. The number of hydrogen-bond donors (Lipinski definition) is 2. The molecule has 0 aliphatic rings. The van der Waals surface area contributed by atoms with Crippen molar-refractivity contribution in [2.45, 2.75) is 39.8 Å². The molecule has 2 aromatic rings. The van der Waals surface area contributed by atoms with Crippen LogP contribution in [0.5, 0.6) is 0 Å². The summed E-state index contributed by atoms with van der Waals surface area (Å²) in [6.45, 7) is 6.89. The molecule has 2 rings (SSSR count). The third-order valence-corrected chi connectivity index (χ3v) is 3.77. The summed E-state index contributed by atoms with van der Waals surface area (Å²) in [5, 5.41) is 14.3. The highest BCUT2D eigenvalue weighted by Crippen LogP contribution is 2.09. The van der Waals surface area contributed by atoms with Crippen LogP contribution in [0.25, 0.3) is 0 Å². The van der Waals surface area contributed by atoms with Crippen LogP contribution >= 0.6 is 24.0 Å². The molecule has 0 saturated carbocycles. The number of aryl methyl sites for hydroxylation is 3. The Morgan fingerprint density at radius 1 is 1.12 bits per heavy atom. The third kappa shape index (κ3) is 6.86. The molecular weight excluding hydrogens is 415 g/mol. The Labute approximate surface area is 161 Å². The maximum Gasteiger partial charge on any atom is 0.191 e. The molecule has 0 aliphatic heterocycles. The highest BCUT2D eigenvalue weighted by Gasteiger charge is 2.01. The van der Waals surface area contributed by atoms with Crippen LogP contribution in [0.1, 0.15) is 29.5 Å². The first-order chi connectivity index (χ1) is 11.2. The molecule has 7 heteroatoms. The average Bonchev–Trinajstić information content (AvgIpc) is 3.05. The number of nitrogens with zero attached hydrogens (tertiary/aromatic N) is 4. The van der Waals surface area contributed by atoms with Gasteiger partial charge in [0.25, 0.3) is 0 Å². The van der Waals surface area contributed by atoms with E-state index in [-0.39, 0.29) is 24.0 Å². The lowest BCUT2D eigenvalue weighted by atomic mass is 10.1. The Morgan fingerprint density at radius 3 is 2.54 bits per heavy atom. The van der Waals surface area contributed by atoms with Gasteiger partial charge in [0.05, 0.1) is 0 Å². The first kappa shape index (κ1) is 20.4. The fraction of sp³-hybridized carbons (Fsp3) is 0.471. The van der Waals surface area contributed by atoms with Crippen molar-refractivity contribution >= 4 is 29.9 Å². The summed E-state index contributed by atoms with van der Waals surface area (Å²) in [6.07, 6.45) is 5.65. The van der Waals surface area contributed by atoms with Crippen LogP contribution in [0.15, 0.2) is 35.8 Å². The van der Waals surface area contributed by atoms with E-state index in [0.29, 0.717) is 0 Å². The van der Waals surface area contributed by atoms with Gasteiger partial charge in [-0.1, -0.05) is 23.8 Å². The lowest BCUT2D eigenvalue weighted by Gasteiger charge is -2.13. The lowest BCUT2D eigenvalue weighted by molar-refractivity contribution is 0.597. The summed E-state index contributed by atoms with van der Waals surface area (Å²) >= 11 is 0. The maximum absolute atomic E-state index is 4.27. The van der Waals surface area contributed by atoms with Crippen LogP contribution in [-0.4, -0.2) is 34.3 Å². The molecule has 2 N–H and O–H groups in total. The van der Waals surface area contributed by atoms with Crippen LogP contribution < -0.4 is 10.6 Å². The maximum atomic E-state index is 4.27. The van der Waals surface area contributed by atoms with Gasteiger partial charge in [-0.05, 0) is 37.8 Å². The first-order valence-electron chi connectivity index (χ1n) is 8.02. The van der Waals surface area contributed by atoms with Gasteiger partial charge in [-0.3, -0.25) is 4.99 Å². The zero-order valence-corrected chi connectivity index (χ0v) is 16.9. The van der Waals surface area contributed by atoms with Crippen molar-refractivity contribution in [1.82, 2.24) is 25.4 Å². The first-order valence-corrected chi connectivity index (χ1v) is 8.02. The SMILES string of the molecule is CN=C(NCCCCn1cnnc1)NCc1ccc(C)cc1C.I. The molecule has 24 heavy (non-hydrogen) atoms. The smallest absolute Gasteiger partial charge is 0.191 e. The summed E-state index contributed by atoms with van der Waals surface area (Å²) in [5.41, 5.74) is 3.90. The highest BCUT2D eigenvalue weighted by atomic mass is 127. The molecule has 0 fully saturated rings. The van der Waals surface area contributed by atoms with Crippen LogP contribution in [0.4, 0.5) is 0 Å². The average molecular weight is 442 g/mol. The van der Waals surface area contributed by atoms with Gasteiger partial charge >= 0.3 is 0 Å². The molecule has 6 nitrogen and oxygen atoms in total. The van der Waals surface area contributed by atoms with Crippen molar-refractivity contribution in [2.24, 2.45) is 4.99 Å². The van der Waals surface area contributed by atoms with E-state index >= 15 is 0 Å². The van der Waals surface area contributed by atoms with Crippen LogP contribution in [0, 0.1) is 13.8 Å². The van der Waals surface area contributed by atoms with Crippen molar-refractivity contribution in [3.63, 3.8) is 0 Å². The predicted molar refractivity (Wildman–Crippen MR) is 109 cm³/mol. The van der Waals surface area contributed by atoms with E-state index in [4.69, 9.17) is 0 Å². The summed E-state index contributed by atoms with van der Waals surface area (Å²) in [6, 6.07) is 6.52. The molecular formula is C17H27IN6. The van der Waals surface area contributed by atoms with Crippen molar-refractivity contribution in [1.29, 1.82) is 0 Å². The lowest BCUT2D eigenvalue weighted by Crippen LogP contribution is -2.37. The number of halogens is 1. The number of aromatic nitrogens is 3. The van der Waals surface area contributed by atoms with E-state index in [1.54, 1.807) is 19.7 Å². The molecule has 0 unspecified atom stereocenters. The standard InChI is InChI=1S/C17H26N6.HI/c1-14-6-7-16(15(2)10-14)11-20-17(18-3)19-8-4-5-9-23-12-21-22-13-23;/h6-7,10,12-13H,4-5,8-9,11H2,1-3H3,(H2,18,19,20);1H. The van der Waals surface area contributed by atoms with Gasteiger partial charge in [-0.2, -0.15) is 0 Å². The molecule has 0 amide bonds. The van der Waals surface area contributed by atoms with Gasteiger partial charge in [0.2, 0.25) is 0 Å². The molecule has 0 saturated heterocycles. The number of unbranched alkanes of at least 4 members (excludes halogenated alkanes) is 1. The largest absolute Gasteiger partial charge is 0.356 e. The highest BCUT2D eigenvalue weighted by molar-refractivity contribution is 14.0. The second-order valence-corrected chi connectivity index (χ2v) is 5.69. The molecule has 0 radical (unpaired) electrons. The topological polar surface area (TPSA) is 67.1 Å². The van der Waals surface area contributed by atoms with E-state index in [1.165, 1.54) is 16.7 Å². The van der Waals surface area contributed by atoms with Crippen molar-refractivity contribution < 1.29 is 0 Å². The Hall–Kier alpha value is -1.64. The zero-order chi connectivity index (χ0) is 16.5. The molecule has 1 aromatic carbocycles. The van der Waals surface area contributed by atoms with Crippen LogP contribution in [0.3, 0.4) is 0 Å².